The van der Waals surface area contributed by atoms with Crippen LogP contribution in [0.2, 0.25) is 0 Å². The second kappa shape index (κ2) is 4.86. The van der Waals surface area contributed by atoms with E-state index >= 15 is 0 Å². The first-order chi connectivity index (χ1) is 8.81. The van der Waals surface area contributed by atoms with E-state index in [-0.39, 0.29) is 0 Å². The zero-order valence-corrected chi connectivity index (χ0v) is 10.6. The van der Waals surface area contributed by atoms with Gasteiger partial charge < -0.3 is 9.73 Å². The van der Waals surface area contributed by atoms with Crippen LogP contribution in [0.3, 0.4) is 0 Å². The van der Waals surface area contributed by atoms with Gasteiger partial charge in [0, 0.05) is 30.9 Å². The summed E-state index contributed by atoms with van der Waals surface area (Å²) in [7, 11) is 2.13. The van der Waals surface area contributed by atoms with Crippen molar-refractivity contribution in [3.8, 4) is 0 Å². The molecule has 0 unspecified atom stereocenters. The van der Waals surface area contributed by atoms with Crippen molar-refractivity contribution in [1.29, 1.82) is 0 Å². The quantitative estimate of drug-likeness (QED) is 0.893. The normalized spacial score (nSPS) is 13.7. The summed E-state index contributed by atoms with van der Waals surface area (Å²) < 4.78 is 5.09. The second-order valence-electron chi connectivity index (χ2n) is 4.97. The average Bonchev–Trinajstić information content (AvgIpc) is 2.98. The van der Waals surface area contributed by atoms with Gasteiger partial charge in [0.15, 0.2) is 0 Å². The lowest BCUT2D eigenvalue weighted by atomic mass is 10.1. The fourth-order valence-electron chi connectivity index (χ4n) is 2.50. The number of nitrogens with zero attached hydrogens (tertiary/aromatic N) is 1. The highest BCUT2D eigenvalue weighted by atomic mass is 16.3. The van der Waals surface area contributed by atoms with E-state index < -0.39 is 0 Å². The van der Waals surface area contributed by atoms with Gasteiger partial charge in [0.1, 0.15) is 0 Å². The highest BCUT2D eigenvalue weighted by Crippen LogP contribution is 2.23. The van der Waals surface area contributed by atoms with Crippen LogP contribution in [0.1, 0.15) is 16.7 Å². The van der Waals surface area contributed by atoms with Gasteiger partial charge in [0.25, 0.3) is 0 Å². The molecule has 0 spiro atoms. The number of rotatable bonds is 4. The molecule has 0 bridgehead atoms. The molecule has 0 radical (unpaired) electrons. The van der Waals surface area contributed by atoms with Gasteiger partial charge in [0.05, 0.1) is 12.5 Å². The van der Waals surface area contributed by atoms with Crippen molar-refractivity contribution >= 4 is 5.69 Å². The molecule has 1 N–H and O–H groups in total. The minimum Gasteiger partial charge on any atom is -0.472 e. The van der Waals surface area contributed by atoms with Gasteiger partial charge in [-0.2, -0.15) is 0 Å². The highest BCUT2D eigenvalue weighted by Gasteiger charge is 2.10. The lowest BCUT2D eigenvalue weighted by molar-refractivity contribution is 0.318. The minimum atomic E-state index is 0.918. The van der Waals surface area contributed by atoms with Crippen LogP contribution in [0.4, 0.5) is 5.69 Å². The zero-order chi connectivity index (χ0) is 12.4. The van der Waals surface area contributed by atoms with Gasteiger partial charge in [0.2, 0.25) is 0 Å². The molecule has 0 saturated heterocycles. The first-order valence-corrected chi connectivity index (χ1v) is 6.36. The largest absolute Gasteiger partial charge is 0.472 e. The lowest BCUT2D eigenvalue weighted by Gasteiger charge is -2.16. The fourth-order valence-corrected chi connectivity index (χ4v) is 2.50. The third kappa shape index (κ3) is 2.41. The molecule has 3 heteroatoms. The van der Waals surface area contributed by atoms with E-state index in [0.717, 1.165) is 26.1 Å². The molecule has 3 rings (SSSR count). The molecule has 0 amide bonds. The topological polar surface area (TPSA) is 28.4 Å². The number of hydrogen-bond acceptors (Lipinski definition) is 3. The smallest absolute Gasteiger partial charge is 0.0947 e. The lowest BCUT2D eigenvalue weighted by Crippen LogP contribution is -2.16. The van der Waals surface area contributed by atoms with E-state index in [0.29, 0.717) is 0 Å². The SMILES string of the molecule is CN(Cc1ccoc1)Cc1ccc2c(c1)NCC2. The molecule has 2 aromatic rings. The summed E-state index contributed by atoms with van der Waals surface area (Å²) in [5.41, 5.74) is 5.33. The zero-order valence-electron chi connectivity index (χ0n) is 10.6. The Morgan fingerprint density at radius 1 is 1.22 bits per heavy atom. The molecule has 3 nitrogen and oxygen atoms in total. The maximum Gasteiger partial charge on any atom is 0.0947 e. The van der Waals surface area contributed by atoms with Crippen LogP contribution in [-0.2, 0) is 19.5 Å². The van der Waals surface area contributed by atoms with Crippen LogP contribution in [0.15, 0.2) is 41.2 Å². The van der Waals surface area contributed by atoms with Crippen LogP contribution >= 0.6 is 0 Å². The van der Waals surface area contributed by atoms with Crippen LogP contribution < -0.4 is 5.32 Å². The first kappa shape index (κ1) is 11.4. The Kier molecular flexibility index (Phi) is 3.07. The van der Waals surface area contributed by atoms with Crippen LogP contribution in [0, 0.1) is 0 Å². The van der Waals surface area contributed by atoms with Crippen molar-refractivity contribution in [3.05, 3.63) is 53.5 Å². The van der Waals surface area contributed by atoms with Crippen molar-refractivity contribution in [3.63, 3.8) is 0 Å². The molecule has 0 saturated carbocycles. The Balaban J connectivity index is 1.65. The van der Waals surface area contributed by atoms with Crippen molar-refractivity contribution in [2.24, 2.45) is 0 Å². The number of benzene rings is 1. The number of furan rings is 1. The monoisotopic (exact) mass is 242 g/mol. The van der Waals surface area contributed by atoms with Gasteiger partial charge >= 0.3 is 0 Å². The second-order valence-corrected chi connectivity index (χ2v) is 4.97. The molecule has 1 aromatic heterocycles. The molecule has 1 aromatic carbocycles. The summed E-state index contributed by atoms with van der Waals surface area (Å²) in [6, 6.07) is 8.77. The fraction of sp³-hybridized carbons (Fsp3) is 0.333. The van der Waals surface area contributed by atoms with E-state index in [1.165, 1.54) is 22.4 Å². The Morgan fingerprint density at radius 2 is 2.11 bits per heavy atom. The van der Waals surface area contributed by atoms with E-state index in [4.69, 9.17) is 4.42 Å². The summed E-state index contributed by atoms with van der Waals surface area (Å²) in [6.07, 6.45) is 4.68. The molecule has 1 aliphatic heterocycles. The summed E-state index contributed by atoms with van der Waals surface area (Å²) in [6.45, 7) is 2.95. The molecule has 94 valence electrons. The molecular weight excluding hydrogens is 224 g/mol. The Morgan fingerprint density at radius 3 is 2.94 bits per heavy atom. The average molecular weight is 242 g/mol. The first-order valence-electron chi connectivity index (χ1n) is 6.36. The van der Waals surface area contributed by atoms with E-state index in [1.54, 1.807) is 12.5 Å². The van der Waals surface area contributed by atoms with Gasteiger partial charge in [-0.15, -0.1) is 0 Å². The standard InChI is InChI=1S/C15H18N2O/c1-17(10-13-5-7-18-11-13)9-12-2-3-14-4-6-16-15(14)8-12/h2-3,5,7-8,11,16H,4,6,9-10H2,1H3. The van der Waals surface area contributed by atoms with Gasteiger partial charge in [-0.05, 0) is 36.7 Å². The maximum absolute atomic E-state index is 5.09. The van der Waals surface area contributed by atoms with Crippen molar-refractivity contribution in [2.75, 3.05) is 18.9 Å². The Bertz CT molecular complexity index is 519. The summed E-state index contributed by atoms with van der Waals surface area (Å²) in [5, 5.41) is 3.43. The number of hydrogen-bond donors (Lipinski definition) is 1. The molecule has 0 aliphatic carbocycles. The highest BCUT2D eigenvalue weighted by molar-refractivity contribution is 5.56. The summed E-state index contributed by atoms with van der Waals surface area (Å²) in [4.78, 5) is 2.29. The number of fused-ring (bicyclic) bond motifs is 1. The number of anilines is 1. The van der Waals surface area contributed by atoms with Gasteiger partial charge in [-0.1, -0.05) is 12.1 Å². The summed E-state index contributed by atoms with van der Waals surface area (Å²) >= 11 is 0. The predicted molar refractivity (Wildman–Crippen MR) is 72.5 cm³/mol. The molecule has 0 fully saturated rings. The van der Waals surface area contributed by atoms with Gasteiger partial charge in [-0.3, -0.25) is 4.90 Å². The molecule has 2 heterocycles. The third-order valence-corrected chi connectivity index (χ3v) is 3.37. The molecular formula is C15H18N2O. The summed E-state index contributed by atoms with van der Waals surface area (Å²) in [5.74, 6) is 0. The van der Waals surface area contributed by atoms with E-state index in [2.05, 4.69) is 35.5 Å². The van der Waals surface area contributed by atoms with Crippen molar-refractivity contribution in [2.45, 2.75) is 19.5 Å². The molecule has 18 heavy (non-hydrogen) atoms. The van der Waals surface area contributed by atoms with E-state index in [1.807, 2.05) is 6.07 Å². The number of nitrogens with one attached hydrogen (secondary N) is 1. The maximum atomic E-state index is 5.09. The third-order valence-electron chi connectivity index (χ3n) is 3.37. The Labute approximate surface area is 107 Å². The van der Waals surface area contributed by atoms with Crippen molar-refractivity contribution < 1.29 is 4.42 Å². The van der Waals surface area contributed by atoms with Crippen LogP contribution in [-0.4, -0.2) is 18.5 Å². The van der Waals surface area contributed by atoms with Crippen molar-refractivity contribution in [1.82, 2.24) is 4.90 Å². The van der Waals surface area contributed by atoms with Gasteiger partial charge in [-0.25, -0.2) is 0 Å². The molecule has 0 atom stereocenters. The van der Waals surface area contributed by atoms with Crippen LogP contribution in [0.5, 0.6) is 0 Å². The Hall–Kier alpha value is -1.74. The molecule has 1 aliphatic rings. The minimum absolute atomic E-state index is 0.918. The predicted octanol–water partition coefficient (Wildman–Crippen LogP) is 2.88. The van der Waals surface area contributed by atoms with E-state index in [9.17, 15) is 0 Å². The van der Waals surface area contributed by atoms with Crippen LogP contribution in [0.25, 0.3) is 0 Å².